The molecule has 4 heterocycles. The number of benzene rings is 1. The number of hydrogen-bond donors (Lipinski definition) is 2. The third-order valence-corrected chi connectivity index (χ3v) is 9.81. The molecule has 0 radical (unpaired) electrons. The number of nitrogens with two attached hydrogens (primary N) is 1. The molecule has 1 unspecified atom stereocenters. The Balaban J connectivity index is 1.12. The molecule has 3 fully saturated rings. The highest BCUT2D eigenvalue weighted by Crippen LogP contribution is 2.39. The Hall–Kier alpha value is -3.78. The zero-order valence-electron chi connectivity index (χ0n) is 28.6. The van der Waals surface area contributed by atoms with Crippen molar-refractivity contribution in [2.24, 2.45) is 21.6 Å². The van der Waals surface area contributed by atoms with Crippen LogP contribution in [0.4, 0.5) is 11.6 Å². The molecule has 2 aromatic heterocycles. The van der Waals surface area contributed by atoms with E-state index in [-0.39, 0.29) is 12.0 Å². The first-order valence-corrected chi connectivity index (χ1v) is 17.6. The standard InChI is InChI=1S/C35H48ClN9O4/c1-23(17-46-3)18-48-34-32(16-44(43-34)27-5-7-28(8-6-27)45-29-9-10-30(45)20-47-19-29)42-35-40-14-26(15-41-35)25-4-11-31(36)33(12-25)49-24(2)13-38-22-39-21-37/h4,11-12,14-16,21-24,27-30H,5-10,13,17-20H2,1-3H3,(H2,37,38,39)(H,40,41,42)/t23?,24-,27?,28?,29-,30+/m0/s1. The minimum atomic E-state index is -0.218. The number of nitrogens with zero attached hydrogens (tertiary/aromatic N) is 7. The third kappa shape index (κ3) is 8.88. The molecule has 4 atom stereocenters. The molecule has 14 heteroatoms. The van der Waals surface area contributed by atoms with Gasteiger partial charge < -0.3 is 30.0 Å². The molecule has 0 spiro atoms. The minimum Gasteiger partial charge on any atom is -0.487 e. The van der Waals surface area contributed by atoms with E-state index in [0.717, 1.165) is 42.9 Å². The maximum Gasteiger partial charge on any atom is 0.256 e. The van der Waals surface area contributed by atoms with Crippen LogP contribution in [0.2, 0.25) is 5.02 Å². The van der Waals surface area contributed by atoms with Crippen LogP contribution in [-0.4, -0.2) is 102 Å². The van der Waals surface area contributed by atoms with Crippen molar-refractivity contribution in [1.29, 1.82) is 0 Å². The van der Waals surface area contributed by atoms with Crippen LogP contribution in [0.1, 0.15) is 58.4 Å². The zero-order chi connectivity index (χ0) is 34.2. The van der Waals surface area contributed by atoms with E-state index in [9.17, 15) is 0 Å². The summed E-state index contributed by atoms with van der Waals surface area (Å²) in [7, 11) is 1.70. The molecule has 6 rings (SSSR count). The number of nitrogens with one attached hydrogen (secondary N) is 1. The summed E-state index contributed by atoms with van der Waals surface area (Å²) in [5, 5.41) is 8.80. The van der Waals surface area contributed by atoms with E-state index in [2.05, 4.69) is 41.8 Å². The summed E-state index contributed by atoms with van der Waals surface area (Å²) in [4.78, 5) is 20.0. The smallest absolute Gasteiger partial charge is 0.256 e. The van der Waals surface area contributed by atoms with E-state index in [1.54, 1.807) is 25.6 Å². The lowest BCUT2D eigenvalue weighted by molar-refractivity contribution is -0.0458. The van der Waals surface area contributed by atoms with Crippen molar-refractivity contribution in [3.05, 3.63) is 41.8 Å². The van der Waals surface area contributed by atoms with Crippen LogP contribution in [0.25, 0.3) is 11.1 Å². The van der Waals surface area contributed by atoms with Crippen molar-refractivity contribution < 1.29 is 18.9 Å². The van der Waals surface area contributed by atoms with Crippen molar-refractivity contribution in [3.63, 3.8) is 0 Å². The quantitative estimate of drug-likeness (QED) is 0.154. The second-order valence-corrected chi connectivity index (χ2v) is 13.7. The summed E-state index contributed by atoms with van der Waals surface area (Å²) >= 11 is 6.44. The first-order valence-electron chi connectivity index (χ1n) is 17.2. The largest absolute Gasteiger partial charge is 0.487 e. The Kier molecular flexibility index (Phi) is 12.0. The van der Waals surface area contributed by atoms with Crippen molar-refractivity contribution in [3.8, 4) is 22.8 Å². The number of methoxy groups -OCH3 is 1. The Morgan fingerprint density at radius 2 is 1.73 bits per heavy atom. The Morgan fingerprint density at radius 1 is 1.02 bits per heavy atom. The van der Waals surface area contributed by atoms with Crippen molar-refractivity contribution in [1.82, 2.24) is 24.6 Å². The fourth-order valence-corrected chi connectivity index (χ4v) is 7.32. The highest BCUT2D eigenvalue weighted by atomic mass is 35.5. The lowest BCUT2D eigenvalue weighted by Gasteiger charge is -2.43. The van der Waals surface area contributed by atoms with Gasteiger partial charge in [0.2, 0.25) is 5.95 Å². The van der Waals surface area contributed by atoms with Crippen LogP contribution < -0.4 is 20.5 Å². The highest BCUT2D eigenvalue weighted by Gasteiger charge is 2.42. The summed E-state index contributed by atoms with van der Waals surface area (Å²) in [6.07, 6.45) is 15.0. The van der Waals surface area contributed by atoms with Gasteiger partial charge in [-0.3, -0.25) is 14.6 Å². The van der Waals surface area contributed by atoms with Gasteiger partial charge >= 0.3 is 0 Å². The molecule has 2 bridgehead atoms. The molecule has 2 saturated heterocycles. The maximum atomic E-state index is 6.44. The average Bonchev–Trinajstić information content (AvgIpc) is 3.63. The molecule has 3 aliphatic rings. The lowest BCUT2D eigenvalue weighted by Crippen LogP contribution is -2.52. The van der Waals surface area contributed by atoms with Gasteiger partial charge in [-0.2, -0.15) is 0 Å². The fourth-order valence-electron chi connectivity index (χ4n) is 7.16. The fraction of sp³-hybridized carbons (Fsp3) is 0.571. The topological polar surface area (TPSA) is 147 Å². The summed E-state index contributed by atoms with van der Waals surface area (Å²) in [6.45, 7) is 7.27. The molecule has 3 N–H and O–H groups in total. The monoisotopic (exact) mass is 693 g/mol. The number of rotatable bonds is 15. The van der Waals surface area contributed by atoms with Gasteiger partial charge in [-0.05, 0) is 63.1 Å². The van der Waals surface area contributed by atoms with Crippen molar-refractivity contribution in [2.75, 3.05) is 45.4 Å². The van der Waals surface area contributed by atoms with Gasteiger partial charge in [0.25, 0.3) is 5.88 Å². The molecule has 1 aromatic carbocycles. The molecular weight excluding hydrogens is 646 g/mol. The number of fused-ring (bicyclic) bond motifs is 2. The highest BCUT2D eigenvalue weighted by molar-refractivity contribution is 6.32. The van der Waals surface area contributed by atoms with Gasteiger partial charge in [0.05, 0.1) is 56.6 Å². The SMILES string of the molecule is COCC(C)COc1nn(C2CCC(N3[C@@H]4CC[C@H]3COC4)CC2)cc1Nc1ncc(-c2ccc(Cl)c(O[C@@H](C)CN=CN=CN)c2)cn1. The van der Waals surface area contributed by atoms with Gasteiger partial charge in [0.1, 0.15) is 23.9 Å². The van der Waals surface area contributed by atoms with E-state index in [1.165, 1.54) is 38.4 Å². The van der Waals surface area contributed by atoms with E-state index in [0.29, 0.717) is 66.5 Å². The van der Waals surface area contributed by atoms with Gasteiger partial charge in [-0.25, -0.2) is 15.0 Å². The van der Waals surface area contributed by atoms with Crippen LogP contribution in [0.5, 0.6) is 11.6 Å². The molecular formula is C35H48ClN9O4. The van der Waals surface area contributed by atoms with Crippen LogP contribution >= 0.6 is 11.6 Å². The number of hydrogen-bond acceptors (Lipinski definition) is 10. The van der Waals surface area contributed by atoms with Gasteiger partial charge in [-0.15, -0.1) is 5.10 Å². The number of morpholine rings is 1. The average molecular weight is 694 g/mol. The normalized spacial score (nSPS) is 24.0. The Bertz CT molecular complexity index is 1540. The zero-order valence-corrected chi connectivity index (χ0v) is 29.3. The predicted molar refractivity (Wildman–Crippen MR) is 191 cm³/mol. The lowest BCUT2D eigenvalue weighted by atomic mass is 9.89. The molecule has 0 amide bonds. The molecule has 3 aromatic rings. The van der Waals surface area contributed by atoms with E-state index in [1.807, 2.05) is 25.3 Å². The van der Waals surface area contributed by atoms with E-state index >= 15 is 0 Å². The molecule has 49 heavy (non-hydrogen) atoms. The van der Waals surface area contributed by atoms with Gasteiger partial charge in [0.15, 0.2) is 0 Å². The summed E-state index contributed by atoms with van der Waals surface area (Å²) in [6, 6.07) is 7.71. The summed E-state index contributed by atoms with van der Waals surface area (Å²) < 4.78 is 25.5. The van der Waals surface area contributed by atoms with Gasteiger partial charge in [0, 0.05) is 49.1 Å². The maximum absolute atomic E-state index is 6.44. The van der Waals surface area contributed by atoms with Crippen molar-refractivity contribution in [2.45, 2.75) is 82.6 Å². The third-order valence-electron chi connectivity index (χ3n) is 9.50. The number of aromatic nitrogens is 4. The number of ether oxygens (including phenoxy) is 4. The number of aliphatic imine (C=N–C) groups is 2. The van der Waals surface area contributed by atoms with E-state index in [4.69, 9.17) is 41.4 Å². The van der Waals surface area contributed by atoms with Crippen LogP contribution in [-0.2, 0) is 9.47 Å². The van der Waals surface area contributed by atoms with Crippen LogP contribution in [0, 0.1) is 5.92 Å². The predicted octanol–water partition coefficient (Wildman–Crippen LogP) is 5.53. The van der Waals surface area contributed by atoms with Crippen molar-refractivity contribution >= 4 is 35.9 Å². The second-order valence-electron chi connectivity index (χ2n) is 13.3. The molecule has 264 valence electrons. The van der Waals surface area contributed by atoms with Crippen LogP contribution in [0.15, 0.2) is 46.8 Å². The Labute approximate surface area is 293 Å². The molecule has 1 aliphatic carbocycles. The minimum absolute atomic E-state index is 0.215. The van der Waals surface area contributed by atoms with Crippen LogP contribution in [0.3, 0.4) is 0 Å². The second kappa shape index (κ2) is 16.8. The first kappa shape index (κ1) is 35.1. The van der Waals surface area contributed by atoms with E-state index < -0.39 is 0 Å². The van der Waals surface area contributed by atoms with Gasteiger partial charge in [-0.1, -0.05) is 24.6 Å². The number of anilines is 2. The first-order chi connectivity index (χ1) is 23.9. The summed E-state index contributed by atoms with van der Waals surface area (Å²) in [5.74, 6) is 1.75. The molecule has 1 saturated carbocycles. The molecule has 2 aliphatic heterocycles. The summed E-state index contributed by atoms with van der Waals surface area (Å²) in [5.41, 5.74) is 7.68. The Morgan fingerprint density at radius 3 is 2.45 bits per heavy atom. The molecule has 13 nitrogen and oxygen atoms in total. The number of halogens is 1.